The summed E-state index contributed by atoms with van der Waals surface area (Å²) in [5.74, 6) is 0.216. The third kappa shape index (κ3) is 4.20. The van der Waals surface area contributed by atoms with Gasteiger partial charge in [-0.1, -0.05) is 15.9 Å². The molecular formula is C10H17BrN2O2. The molecule has 0 aromatic heterocycles. The lowest BCUT2D eigenvalue weighted by Gasteiger charge is -2.31. The van der Waals surface area contributed by atoms with E-state index in [1.165, 1.54) is 0 Å². The zero-order chi connectivity index (χ0) is 11.3. The lowest BCUT2D eigenvalue weighted by atomic mass is 10.0. The molecule has 1 aliphatic heterocycles. The Morgan fingerprint density at radius 1 is 1.40 bits per heavy atom. The summed E-state index contributed by atoms with van der Waals surface area (Å²) in [5, 5.41) is 3.67. The Labute approximate surface area is 98.5 Å². The number of rotatable bonds is 3. The minimum Gasteiger partial charge on any atom is -0.353 e. The molecule has 2 amide bonds. The van der Waals surface area contributed by atoms with Crippen molar-refractivity contribution in [2.24, 2.45) is 0 Å². The Kier molecular flexibility index (Phi) is 5.08. The van der Waals surface area contributed by atoms with Crippen molar-refractivity contribution >= 4 is 27.7 Å². The minimum atomic E-state index is 0.0909. The molecule has 0 saturated carbocycles. The van der Waals surface area contributed by atoms with E-state index in [-0.39, 0.29) is 17.9 Å². The number of alkyl halides is 1. The number of carbonyl (C=O) groups is 2. The van der Waals surface area contributed by atoms with Gasteiger partial charge in [-0.3, -0.25) is 9.59 Å². The van der Waals surface area contributed by atoms with Crippen LogP contribution in [0.1, 0.15) is 26.2 Å². The Morgan fingerprint density at radius 3 is 2.47 bits per heavy atom. The molecule has 0 aromatic carbocycles. The number of likely N-dealkylation sites (tertiary alicyclic amines) is 1. The van der Waals surface area contributed by atoms with Crippen LogP contribution in [0.2, 0.25) is 0 Å². The molecule has 1 fully saturated rings. The van der Waals surface area contributed by atoms with Crippen molar-refractivity contribution in [1.29, 1.82) is 0 Å². The molecule has 5 heteroatoms. The van der Waals surface area contributed by atoms with E-state index in [1.54, 1.807) is 6.92 Å². The lowest BCUT2D eigenvalue weighted by Crippen LogP contribution is -2.46. The molecule has 0 spiro atoms. The van der Waals surface area contributed by atoms with E-state index in [0.29, 0.717) is 11.8 Å². The van der Waals surface area contributed by atoms with Crippen molar-refractivity contribution in [2.45, 2.75) is 32.2 Å². The van der Waals surface area contributed by atoms with Gasteiger partial charge in [0.2, 0.25) is 11.8 Å². The highest BCUT2D eigenvalue weighted by molar-refractivity contribution is 9.09. The largest absolute Gasteiger partial charge is 0.353 e. The Balaban J connectivity index is 2.25. The van der Waals surface area contributed by atoms with Crippen LogP contribution >= 0.6 is 15.9 Å². The van der Waals surface area contributed by atoms with Gasteiger partial charge in [-0.05, 0) is 12.8 Å². The van der Waals surface area contributed by atoms with Crippen LogP contribution in [-0.4, -0.2) is 41.2 Å². The number of carbonyl (C=O) groups excluding carboxylic acids is 2. The summed E-state index contributed by atoms with van der Waals surface area (Å²) in [7, 11) is 0. The Morgan fingerprint density at radius 2 is 2.00 bits per heavy atom. The summed E-state index contributed by atoms with van der Waals surface area (Å²) in [4.78, 5) is 24.2. The third-order valence-electron chi connectivity index (χ3n) is 2.63. The van der Waals surface area contributed by atoms with E-state index < -0.39 is 0 Å². The number of hydrogen-bond donors (Lipinski definition) is 1. The van der Waals surface area contributed by atoms with Gasteiger partial charge in [0.15, 0.2) is 0 Å². The zero-order valence-electron chi connectivity index (χ0n) is 8.96. The molecule has 0 aliphatic carbocycles. The maximum Gasteiger partial charge on any atom is 0.221 e. The summed E-state index contributed by atoms with van der Waals surface area (Å²) >= 11 is 3.23. The normalized spacial score (nSPS) is 17.6. The average Bonchev–Trinajstić information content (AvgIpc) is 2.18. The highest BCUT2D eigenvalue weighted by Crippen LogP contribution is 2.10. The number of piperidine rings is 1. The van der Waals surface area contributed by atoms with Gasteiger partial charge in [0.05, 0.1) is 0 Å². The fourth-order valence-corrected chi connectivity index (χ4v) is 2.08. The summed E-state index contributed by atoms with van der Waals surface area (Å²) in [6, 6.07) is 0.243. The standard InChI is InChI=1S/C10H17BrN2O2/c1-8(14)13-6-3-9(4-7-13)12-10(15)2-5-11/h9H,2-7H2,1H3,(H,12,15). The SMILES string of the molecule is CC(=O)N1CCC(NC(=O)CCBr)CC1. The minimum absolute atomic E-state index is 0.0909. The van der Waals surface area contributed by atoms with Crippen molar-refractivity contribution in [3.63, 3.8) is 0 Å². The van der Waals surface area contributed by atoms with Crippen LogP contribution in [0.15, 0.2) is 0 Å². The zero-order valence-corrected chi connectivity index (χ0v) is 10.5. The van der Waals surface area contributed by atoms with E-state index in [1.807, 2.05) is 4.90 Å². The number of nitrogens with one attached hydrogen (secondary N) is 1. The first-order chi connectivity index (χ1) is 7.13. The Bertz CT molecular complexity index is 238. The van der Waals surface area contributed by atoms with Gasteiger partial charge in [0, 0.05) is 37.8 Å². The van der Waals surface area contributed by atoms with E-state index in [4.69, 9.17) is 0 Å². The number of amides is 2. The summed E-state index contributed by atoms with van der Waals surface area (Å²) < 4.78 is 0. The second-order valence-electron chi connectivity index (χ2n) is 3.79. The first-order valence-electron chi connectivity index (χ1n) is 5.24. The quantitative estimate of drug-likeness (QED) is 0.779. The van der Waals surface area contributed by atoms with E-state index >= 15 is 0 Å². The topological polar surface area (TPSA) is 49.4 Å². The van der Waals surface area contributed by atoms with Crippen molar-refractivity contribution in [3.8, 4) is 0 Å². The van der Waals surface area contributed by atoms with E-state index in [9.17, 15) is 9.59 Å². The molecule has 0 atom stereocenters. The van der Waals surface area contributed by atoms with Crippen LogP contribution in [0.4, 0.5) is 0 Å². The molecule has 0 radical (unpaired) electrons. The molecule has 0 bridgehead atoms. The Hall–Kier alpha value is -0.580. The van der Waals surface area contributed by atoms with Crippen molar-refractivity contribution < 1.29 is 9.59 Å². The molecule has 1 N–H and O–H groups in total. The molecule has 1 rings (SSSR count). The molecule has 1 saturated heterocycles. The van der Waals surface area contributed by atoms with Crippen LogP contribution in [0.3, 0.4) is 0 Å². The molecule has 1 heterocycles. The highest BCUT2D eigenvalue weighted by Gasteiger charge is 2.21. The fourth-order valence-electron chi connectivity index (χ4n) is 1.72. The molecule has 4 nitrogen and oxygen atoms in total. The van der Waals surface area contributed by atoms with Crippen LogP contribution < -0.4 is 5.32 Å². The second-order valence-corrected chi connectivity index (χ2v) is 4.58. The highest BCUT2D eigenvalue weighted by atomic mass is 79.9. The van der Waals surface area contributed by atoms with Gasteiger partial charge in [0.1, 0.15) is 0 Å². The first kappa shape index (κ1) is 12.5. The van der Waals surface area contributed by atoms with Crippen LogP contribution in [0, 0.1) is 0 Å². The van der Waals surface area contributed by atoms with Crippen LogP contribution in [0.5, 0.6) is 0 Å². The number of nitrogens with zero attached hydrogens (tertiary/aromatic N) is 1. The van der Waals surface area contributed by atoms with Crippen molar-refractivity contribution in [2.75, 3.05) is 18.4 Å². The van der Waals surface area contributed by atoms with Gasteiger partial charge in [-0.15, -0.1) is 0 Å². The molecular weight excluding hydrogens is 260 g/mol. The predicted molar refractivity (Wildman–Crippen MR) is 61.8 cm³/mol. The van der Waals surface area contributed by atoms with Gasteiger partial charge in [-0.2, -0.15) is 0 Å². The van der Waals surface area contributed by atoms with Gasteiger partial charge in [-0.25, -0.2) is 0 Å². The van der Waals surface area contributed by atoms with Gasteiger partial charge in [0.25, 0.3) is 0 Å². The molecule has 15 heavy (non-hydrogen) atoms. The van der Waals surface area contributed by atoms with Gasteiger partial charge >= 0.3 is 0 Å². The van der Waals surface area contributed by atoms with Crippen molar-refractivity contribution in [3.05, 3.63) is 0 Å². The molecule has 0 unspecified atom stereocenters. The predicted octanol–water partition coefficient (Wildman–Crippen LogP) is 0.898. The monoisotopic (exact) mass is 276 g/mol. The van der Waals surface area contributed by atoms with Gasteiger partial charge < -0.3 is 10.2 Å². The van der Waals surface area contributed by atoms with E-state index in [2.05, 4.69) is 21.2 Å². The average molecular weight is 277 g/mol. The summed E-state index contributed by atoms with van der Waals surface area (Å²) in [6.07, 6.45) is 2.26. The maximum atomic E-state index is 11.3. The van der Waals surface area contributed by atoms with E-state index in [0.717, 1.165) is 25.9 Å². The molecule has 86 valence electrons. The molecule has 1 aliphatic rings. The second kappa shape index (κ2) is 6.10. The molecule has 0 aromatic rings. The van der Waals surface area contributed by atoms with Crippen molar-refractivity contribution in [1.82, 2.24) is 10.2 Å². The number of halogens is 1. The van der Waals surface area contributed by atoms with Crippen LogP contribution in [-0.2, 0) is 9.59 Å². The van der Waals surface area contributed by atoms with Crippen LogP contribution in [0.25, 0.3) is 0 Å². The smallest absolute Gasteiger partial charge is 0.221 e. The number of hydrogen-bond acceptors (Lipinski definition) is 2. The summed E-state index contributed by atoms with van der Waals surface area (Å²) in [5.41, 5.74) is 0. The third-order valence-corrected chi connectivity index (χ3v) is 3.02. The first-order valence-corrected chi connectivity index (χ1v) is 6.36. The maximum absolute atomic E-state index is 11.3. The fraction of sp³-hybridized carbons (Fsp3) is 0.800. The summed E-state index contributed by atoms with van der Waals surface area (Å²) in [6.45, 7) is 3.10. The lowest BCUT2D eigenvalue weighted by molar-refractivity contribution is -0.130.